The van der Waals surface area contributed by atoms with Crippen LogP contribution in [0.2, 0.25) is 0 Å². The van der Waals surface area contributed by atoms with Crippen LogP contribution in [0.3, 0.4) is 0 Å². The predicted octanol–water partition coefficient (Wildman–Crippen LogP) is -1.99. The molecule has 0 saturated heterocycles. The zero-order valence-electron chi connectivity index (χ0n) is 14.9. The van der Waals surface area contributed by atoms with Crippen LogP contribution in [0.5, 0.6) is 0 Å². The summed E-state index contributed by atoms with van der Waals surface area (Å²) in [6.45, 7) is 5.39. The summed E-state index contributed by atoms with van der Waals surface area (Å²) in [4.78, 5) is 34.6. The molecule has 0 unspecified atom stereocenters. The maximum atomic E-state index is 9.98. The number of rotatable bonds is 2. The molecule has 0 aromatic carbocycles. The number of H-pyrrole nitrogens is 1. The number of allylic oxidation sites excluding steroid dienone is 4. The number of ketones is 2. The average molecular weight is 505 g/mol. The predicted molar refractivity (Wildman–Crippen MR) is 87.6 cm³/mol. The van der Waals surface area contributed by atoms with Gasteiger partial charge >= 0.3 is 35.6 Å². The number of aromatic nitrogens is 2. The second-order valence-corrected chi connectivity index (χ2v) is 3.72. The molecule has 7 N–H and O–H groups in total. The van der Waals surface area contributed by atoms with Gasteiger partial charge in [-0.25, -0.2) is 4.98 Å². The molecule has 0 aliphatic heterocycles. The Hall–Kier alpha value is -2.06. The number of hydrogen-bond acceptors (Lipinski definition) is 8. The summed E-state index contributed by atoms with van der Waals surface area (Å²) in [5, 5.41) is 34.7. The van der Waals surface area contributed by atoms with Crippen molar-refractivity contribution in [2.75, 3.05) is 0 Å². The third-order valence-corrected chi connectivity index (χ3v) is 1.22. The van der Waals surface area contributed by atoms with Gasteiger partial charge in [-0.1, -0.05) is 13.8 Å². The summed E-state index contributed by atoms with van der Waals surface area (Å²) in [5.74, 6) is -0.750. The molecule has 0 radical (unpaired) electrons. The van der Waals surface area contributed by atoms with E-state index in [1.807, 2.05) is 0 Å². The molecule has 0 saturated carbocycles. The molecule has 0 fully saturated rings. The Morgan fingerprint density at radius 1 is 0.962 bits per heavy atom. The van der Waals surface area contributed by atoms with E-state index in [1.165, 1.54) is 27.7 Å². The number of aromatic amines is 1. The standard InChI is InChI=1S/2C5H8O2.C3H4N2.La.NO3.2H2O/c2*1-4(6)3-5(2)7;1-2-5-3-4-1;;2-1(3)4;;/h2*3,6H,1-2H3;1-3H,(H,4,5);;;2*1H2/q;;;+3;-1;;/b2*4-3-;;;;;. The number of carbonyl (C=O) groups excluding carboxylic acids is 2. The fourth-order valence-corrected chi connectivity index (χ4v) is 0.788. The van der Waals surface area contributed by atoms with Gasteiger partial charge < -0.3 is 41.5 Å². The van der Waals surface area contributed by atoms with Crippen molar-refractivity contribution in [1.82, 2.24) is 9.97 Å². The van der Waals surface area contributed by atoms with Crippen molar-refractivity contribution < 1.29 is 71.4 Å². The van der Waals surface area contributed by atoms with Crippen molar-refractivity contribution in [3.05, 3.63) is 57.7 Å². The third kappa shape index (κ3) is 80.4. The van der Waals surface area contributed by atoms with Crippen LogP contribution in [0.25, 0.3) is 0 Å². The first-order valence-corrected chi connectivity index (χ1v) is 5.95. The minimum atomic E-state index is -1.75. The van der Waals surface area contributed by atoms with Crippen molar-refractivity contribution in [1.29, 1.82) is 0 Å². The molecule has 1 rings (SSSR count). The molecular weight excluding hydrogens is 481 g/mol. The molecule has 0 aliphatic rings. The summed E-state index contributed by atoms with van der Waals surface area (Å²) in [6, 6.07) is 0. The summed E-state index contributed by atoms with van der Waals surface area (Å²) in [6.07, 6.45) is 7.19. The van der Waals surface area contributed by atoms with Gasteiger partial charge in [0.25, 0.3) is 0 Å². The third-order valence-electron chi connectivity index (χ3n) is 1.22. The van der Waals surface area contributed by atoms with Crippen molar-refractivity contribution >= 4 is 11.6 Å². The van der Waals surface area contributed by atoms with Gasteiger partial charge in [0.2, 0.25) is 0 Å². The van der Waals surface area contributed by atoms with Crippen LogP contribution in [0, 0.1) is 50.9 Å². The van der Waals surface area contributed by atoms with Gasteiger partial charge in [0, 0.05) is 12.4 Å². The molecule has 13 heteroatoms. The molecule has 12 nitrogen and oxygen atoms in total. The van der Waals surface area contributed by atoms with E-state index in [4.69, 9.17) is 15.3 Å². The van der Waals surface area contributed by atoms with Crippen LogP contribution < -0.4 is 10.2 Å². The maximum Gasteiger partial charge on any atom is 3.00 e. The molecule has 0 amide bonds. The van der Waals surface area contributed by atoms with Gasteiger partial charge in [-0.3, -0.25) is 9.59 Å². The van der Waals surface area contributed by atoms with Crippen LogP contribution in [0.4, 0.5) is 0 Å². The summed E-state index contributed by atoms with van der Waals surface area (Å²) >= 11 is 0. The summed E-state index contributed by atoms with van der Waals surface area (Å²) < 4.78 is 0. The monoisotopic (exact) mass is 505 g/mol. The summed E-state index contributed by atoms with van der Waals surface area (Å²) in [5.41, 5.74) is 0. The molecule has 26 heavy (non-hydrogen) atoms. The summed E-state index contributed by atoms with van der Waals surface area (Å²) in [7, 11) is 0. The van der Waals surface area contributed by atoms with E-state index < -0.39 is 5.09 Å². The minimum Gasteiger partial charge on any atom is -0.876 e. The Morgan fingerprint density at radius 2 is 1.27 bits per heavy atom. The minimum absolute atomic E-state index is 0. The Labute approximate surface area is 178 Å². The Bertz CT molecular complexity index is 460. The molecule has 0 aliphatic carbocycles. The smallest absolute Gasteiger partial charge is 0.876 e. The molecule has 146 valence electrons. The van der Waals surface area contributed by atoms with E-state index >= 15 is 0 Å². The number of hydrogen-bond donors (Lipinski definition) is 1. The van der Waals surface area contributed by atoms with Crippen LogP contribution >= 0.6 is 0 Å². The van der Waals surface area contributed by atoms with Gasteiger partial charge in [0.15, 0.2) is 11.6 Å². The van der Waals surface area contributed by atoms with Crippen LogP contribution in [-0.2, 0) is 20.5 Å². The fraction of sp³-hybridized carbons (Fsp3) is 0.308. The second kappa shape index (κ2) is 27.8. The zero-order chi connectivity index (χ0) is 18.8. The quantitative estimate of drug-likeness (QED) is 0.155. The maximum absolute atomic E-state index is 9.98. The van der Waals surface area contributed by atoms with Crippen LogP contribution in [0.15, 0.2) is 42.4 Å². The van der Waals surface area contributed by atoms with Crippen molar-refractivity contribution in [2.45, 2.75) is 27.7 Å². The van der Waals surface area contributed by atoms with Crippen molar-refractivity contribution in [3.8, 4) is 0 Å². The van der Waals surface area contributed by atoms with E-state index in [2.05, 4.69) is 9.97 Å². The van der Waals surface area contributed by atoms with Gasteiger partial charge in [-0.2, -0.15) is 0 Å². The molecule has 1 aromatic heterocycles. The molecule has 1 aromatic rings. The Balaban J connectivity index is -0.0000000503. The van der Waals surface area contributed by atoms with Crippen LogP contribution in [0.1, 0.15) is 27.7 Å². The zero-order valence-corrected chi connectivity index (χ0v) is 18.5. The van der Waals surface area contributed by atoms with E-state index in [0.29, 0.717) is 0 Å². The van der Waals surface area contributed by atoms with E-state index in [1.54, 1.807) is 18.7 Å². The van der Waals surface area contributed by atoms with Gasteiger partial charge in [0.1, 0.15) is 0 Å². The first-order chi connectivity index (χ1) is 10.5. The van der Waals surface area contributed by atoms with Crippen molar-refractivity contribution in [2.24, 2.45) is 0 Å². The fourth-order valence-electron chi connectivity index (χ4n) is 0.788. The number of imidazole rings is 1. The number of nitrogens with zero attached hydrogens (tertiary/aromatic N) is 2. The number of nitrogens with one attached hydrogen (secondary N) is 1. The van der Waals surface area contributed by atoms with E-state index in [-0.39, 0.29) is 69.6 Å². The first-order valence-electron chi connectivity index (χ1n) is 5.95. The molecule has 1 heterocycles. The molecule has 0 spiro atoms. The van der Waals surface area contributed by atoms with E-state index in [9.17, 15) is 19.8 Å². The van der Waals surface area contributed by atoms with Crippen molar-refractivity contribution in [3.63, 3.8) is 0 Å². The molecule has 0 bridgehead atoms. The molecular formula is C13H24LaN3O9+2. The Morgan fingerprint density at radius 3 is 1.31 bits per heavy atom. The van der Waals surface area contributed by atoms with Crippen LogP contribution in [-0.4, -0.2) is 26.6 Å². The number of carbonyl (C=O) groups is 2. The first kappa shape index (κ1) is 39.1. The normalized spacial score (nSPS) is 8.62. The largest absolute Gasteiger partial charge is 3.00 e. The van der Waals surface area contributed by atoms with Gasteiger partial charge in [0.05, 0.1) is 11.4 Å². The SMILES string of the molecule is CC(=O)/C=C(/C)[O-].CC(=O)/C=C(/C)[O-].O=[N+]([O-])[O-].[La+3].[OH3+].[OH3+].c1c[nH]cn1. The van der Waals surface area contributed by atoms with Gasteiger partial charge in [-0.15, -0.1) is 11.5 Å². The van der Waals surface area contributed by atoms with Gasteiger partial charge in [-0.05, 0) is 26.0 Å². The average Bonchev–Trinajstić information content (AvgIpc) is 2.82. The van der Waals surface area contributed by atoms with E-state index in [0.717, 1.165) is 12.2 Å². The second-order valence-electron chi connectivity index (χ2n) is 3.72. The molecule has 0 atom stereocenters. The topological polar surface area (TPSA) is 241 Å². The Kier molecular flexibility index (Phi) is 41.8.